The summed E-state index contributed by atoms with van der Waals surface area (Å²) in [5.41, 5.74) is 3.04. The fourth-order valence-electron chi connectivity index (χ4n) is 7.56. The Balaban J connectivity index is 1.41. The first-order chi connectivity index (χ1) is 16.6. The molecule has 4 aliphatic rings. The predicted octanol–water partition coefficient (Wildman–Crippen LogP) is 4.49. The molecule has 1 unspecified atom stereocenters. The molecule has 0 aromatic heterocycles. The van der Waals surface area contributed by atoms with Crippen LogP contribution in [0.4, 0.5) is 0 Å². The third-order valence-corrected chi connectivity index (χ3v) is 8.86. The topological polar surface area (TPSA) is 48.0 Å². The molecule has 4 atom stereocenters. The van der Waals surface area contributed by atoms with Crippen LogP contribution in [0.5, 0.6) is 11.5 Å². The lowest BCUT2D eigenvalue weighted by Crippen LogP contribution is -2.77. The van der Waals surface area contributed by atoms with Crippen LogP contribution in [0.3, 0.4) is 0 Å². The van der Waals surface area contributed by atoms with Crippen molar-refractivity contribution in [2.24, 2.45) is 0 Å². The van der Waals surface area contributed by atoms with E-state index >= 15 is 0 Å². The molecule has 0 N–H and O–H groups in total. The van der Waals surface area contributed by atoms with Gasteiger partial charge in [-0.25, -0.2) is 0 Å². The third kappa shape index (κ3) is 2.96. The van der Waals surface area contributed by atoms with Crippen LogP contribution in [0, 0.1) is 0 Å². The lowest BCUT2D eigenvalue weighted by atomic mass is 9.48. The molecule has 1 saturated heterocycles. The number of hydrogen-bond acceptors (Lipinski definition) is 5. The first-order valence-corrected chi connectivity index (χ1v) is 13.0. The molecule has 2 aliphatic carbocycles. The quantitative estimate of drug-likeness (QED) is 0.543. The van der Waals surface area contributed by atoms with Crippen LogP contribution in [0.25, 0.3) is 0 Å². The van der Waals surface area contributed by atoms with Crippen molar-refractivity contribution in [2.75, 3.05) is 26.8 Å². The number of aryl methyl sites for hydroxylation is 1. The van der Waals surface area contributed by atoms with Crippen LogP contribution in [0.2, 0.25) is 0 Å². The molecule has 5 heteroatoms. The first kappa shape index (κ1) is 22.1. The second-order valence-electron chi connectivity index (χ2n) is 10.4. The van der Waals surface area contributed by atoms with Crippen molar-refractivity contribution in [1.82, 2.24) is 4.90 Å². The van der Waals surface area contributed by atoms with Crippen molar-refractivity contribution in [3.63, 3.8) is 0 Å². The molecule has 2 aromatic rings. The van der Waals surface area contributed by atoms with Crippen LogP contribution in [0.15, 0.2) is 42.5 Å². The average molecular weight is 462 g/mol. The summed E-state index contributed by atoms with van der Waals surface area (Å²) in [4.78, 5) is 16.0. The van der Waals surface area contributed by atoms with Gasteiger partial charge in [0.05, 0.1) is 18.1 Å². The summed E-state index contributed by atoms with van der Waals surface area (Å²) in [7, 11) is 1.69. The molecule has 0 radical (unpaired) electrons. The number of nitrogens with zero attached hydrogens (tertiary/aromatic N) is 1. The summed E-state index contributed by atoms with van der Waals surface area (Å²) in [6.45, 7) is 5.00. The molecular formula is C29H35NO4. The number of carbonyl (C=O) groups is 1. The molecule has 2 heterocycles. The van der Waals surface area contributed by atoms with Crippen LogP contribution < -0.4 is 9.47 Å². The molecule has 2 aromatic carbocycles. The van der Waals surface area contributed by atoms with E-state index in [1.165, 1.54) is 16.7 Å². The fourth-order valence-corrected chi connectivity index (χ4v) is 7.56. The number of ether oxygens (including phenoxy) is 3. The van der Waals surface area contributed by atoms with Crippen molar-refractivity contribution in [1.29, 1.82) is 0 Å². The van der Waals surface area contributed by atoms with Gasteiger partial charge in [0.15, 0.2) is 23.4 Å². The van der Waals surface area contributed by atoms with Crippen molar-refractivity contribution < 1.29 is 19.0 Å². The number of piperidine rings is 1. The van der Waals surface area contributed by atoms with Crippen LogP contribution in [0.1, 0.15) is 55.7 Å². The van der Waals surface area contributed by atoms with Gasteiger partial charge in [0, 0.05) is 24.6 Å². The van der Waals surface area contributed by atoms with E-state index in [0.29, 0.717) is 13.0 Å². The molecule has 180 valence electrons. The minimum Gasteiger partial charge on any atom is -0.493 e. The lowest BCUT2D eigenvalue weighted by molar-refractivity contribution is -0.213. The van der Waals surface area contributed by atoms with Crippen molar-refractivity contribution in [2.45, 2.75) is 75.0 Å². The van der Waals surface area contributed by atoms with E-state index in [4.69, 9.17) is 14.2 Å². The van der Waals surface area contributed by atoms with Gasteiger partial charge < -0.3 is 14.2 Å². The van der Waals surface area contributed by atoms with Gasteiger partial charge in [-0.3, -0.25) is 9.69 Å². The largest absolute Gasteiger partial charge is 0.493 e. The maximum Gasteiger partial charge on any atom is 0.174 e. The van der Waals surface area contributed by atoms with E-state index in [9.17, 15) is 4.79 Å². The number of rotatable bonds is 8. The number of hydrogen-bond donors (Lipinski definition) is 0. The summed E-state index contributed by atoms with van der Waals surface area (Å²) in [5, 5.41) is 0. The monoisotopic (exact) mass is 461 g/mol. The van der Waals surface area contributed by atoms with Gasteiger partial charge in [-0.2, -0.15) is 0 Å². The molecule has 2 bridgehead atoms. The normalized spacial score (nSPS) is 31.2. The van der Waals surface area contributed by atoms with E-state index in [2.05, 4.69) is 48.2 Å². The zero-order valence-electron chi connectivity index (χ0n) is 20.3. The summed E-state index contributed by atoms with van der Waals surface area (Å²) >= 11 is 0. The van der Waals surface area contributed by atoms with Gasteiger partial charge in [-0.1, -0.05) is 43.3 Å². The Morgan fingerprint density at radius 1 is 1.15 bits per heavy atom. The highest BCUT2D eigenvalue weighted by Gasteiger charge is 2.74. The molecule has 1 saturated carbocycles. The number of carbonyl (C=O) groups excluding carboxylic acids is 1. The van der Waals surface area contributed by atoms with Gasteiger partial charge in [0.2, 0.25) is 0 Å². The molecule has 34 heavy (non-hydrogen) atoms. The van der Waals surface area contributed by atoms with Crippen molar-refractivity contribution in [3.8, 4) is 11.5 Å². The molecule has 5 nitrogen and oxygen atoms in total. The second-order valence-corrected chi connectivity index (χ2v) is 10.4. The SMILES string of the molecule is CCCN1CC[C@]23c4c5ccc(OC)c4O[C@H]2C(=O)CC[C@@]3(OCCCc2ccccc2)C1C5. The Morgan fingerprint density at radius 3 is 2.79 bits per heavy atom. The van der Waals surface area contributed by atoms with Crippen molar-refractivity contribution >= 4 is 5.78 Å². The maximum atomic E-state index is 13.3. The van der Waals surface area contributed by atoms with E-state index < -0.39 is 17.1 Å². The fraction of sp³-hybridized carbons (Fsp3) is 0.552. The Kier molecular flexibility index (Phi) is 5.45. The Labute approximate surface area is 202 Å². The zero-order chi connectivity index (χ0) is 23.3. The Bertz CT molecular complexity index is 1090. The predicted molar refractivity (Wildman–Crippen MR) is 131 cm³/mol. The van der Waals surface area contributed by atoms with Gasteiger partial charge in [0.1, 0.15) is 0 Å². The average Bonchev–Trinajstić information content (AvgIpc) is 3.22. The van der Waals surface area contributed by atoms with Crippen molar-refractivity contribution in [3.05, 3.63) is 59.2 Å². The van der Waals surface area contributed by atoms with Crippen LogP contribution in [-0.2, 0) is 27.8 Å². The van der Waals surface area contributed by atoms with E-state index in [1.807, 2.05) is 6.07 Å². The van der Waals surface area contributed by atoms with E-state index in [-0.39, 0.29) is 11.8 Å². The van der Waals surface area contributed by atoms with Crippen LogP contribution >= 0.6 is 0 Å². The minimum atomic E-state index is -0.466. The number of methoxy groups -OCH3 is 1. The Morgan fingerprint density at radius 2 is 2.00 bits per heavy atom. The van der Waals surface area contributed by atoms with Gasteiger partial charge in [0.25, 0.3) is 0 Å². The summed E-state index contributed by atoms with van der Waals surface area (Å²) < 4.78 is 19.3. The van der Waals surface area contributed by atoms with E-state index in [1.54, 1.807) is 7.11 Å². The number of likely N-dealkylation sites (tertiary alicyclic amines) is 1. The highest BCUT2D eigenvalue weighted by Crippen LogP contribution is 2.66. The summed E-state index contributed by atoms with van der Waals surface area (Å²) in [6.07, 6.45) is 5.76. The molecule has 2 fully saturated rings. The van der Waals surface area contributed by atoms with Gasteiger partial charge >= 0.3 is 0 Å². The van der Waals surface area contributed by atoms with Crippen LogP contribution in [-0.4, -0.2) is 55.2 Å². The molecule has 0 amide bonds. The Hall–Kier alpha value is -2.37. The molecule has 1 spiro atoms. The standard InChI is InChI=1S/C29H35NO4/c1-3-16-30-17-15-28-25-21-11-12-23(32-2)26(25)34-27(28)22(31)13-14-29(28,24(30)19-21)33-18-7-10-20-8-5-4-6-9-20/h4-6,8-9,11-12,24,27H,3,7,10,13-19H2,1-2H3/t24?,27-,28-,29+/m0/s1. The number of benzene rings is 2. The lowest BCUT2D eigenvalue weighted by Gasteiger charge is -2.64. The first-order valence-electron chi connectivity index (χ1n) is 13.0. The molecule has 6 rings (SSSR count). The highest BCUT2D eigenvalue weighted by atomic mass is 16.5. The van der Waals surface area contributed by atoms with Gasteiger partial charge in [-0.05, 0) is 68.8 Å². The molecule has 2 aliphatic heterocycles. The third-order valence-electron chi connectivity index (χ3n) is 8.86. The molecular weight excluding hydrogens is 426 g/mol. The second kappa shape index (κ2) is 8.39. The number of ketones is 1. The maximum absolute atomic E-state index is 13.3. The summed E-state index contributed by atoms with van der Waals surface area (Å²) in [5.74, 6) is 1.75. The minimum absolute atomic E-state index is 0.220. The highest BCUT2D eigenvalue weighted by molar-refractivity contribution is 5.90. The summed E-state index contributed by atoms with van der Waals surface area (Å²) in [6, 6.07) is 15.1. The zero-order valence-corrected chi connectivity index (χ0v) is 20.3. The van der Waals surface area contributed by atoms with E-state index in [0.717, 1.165) is 63.1 Å². The number of Topliss-reactive ketones (excluding diaryl/α,β-unsaturated/α-hetero) is 1. The smallest absolute Gasteiger partial charge is 0.174 e. The van der Waals surface area contributed by atoms with Gasteiger partial charge in [-0.15, -0.1) is 0 Å².